The average Bonchev–Trinajstić information content (AvgIpc) is 2.73. The molecule has 28 heavy (non-hydrogen) atoms. The molecule has 5 rings (SSSR count). The van der Waals surface area contributed by atoms with E-state index in [1.165, 1.54) is 22.2 Å². The number of ether oxygens (including phenoxy) is 1. The lowest BCUT2D eigenvalue weighted by molar-refractivity contribution is 0.250. The Hall–Kier alpha value is -3.14. The lowest BCUT2D eigenvalue weighted by Crippen LogP contribution is -2.49. The number of hydrogen-bond donors (Lipinski definition) is 0. The Morgan fingerprint density at radius 1 is 1.00 bits per heavy atom. The summed E-state index contributed by atoms with van der Waals surface area (Å²) in [5.74, 6) is 2.45. The molecule has 1 aromatic heterocycles. The van der Waals surface area contributed by atoms with Gasteiger partial charge in [0.25, 0.3) is 0 Å². The van der Waals surface area contributed by atoms with Crippen LogP contribution in [0.15, 0.2) is 71.7 Å². The monoisotopic (exact) mass is 369 g/mol. The fraction of sp³-hybridized carbons (Fsp3) is 0.250. The van der Waals surface area contributed by atoms with Crippen molar-refractivity contribution in [1.82, 2.24) is 9.88 Å². The summed E-state index contributed by atoms with van der Waals surface area (Å²) in [6.45, 7) is 2.79. The van der Waals surface area contributed by atoms with Crippen molar-refractivity contribution in [2.45, 2.75) is 12.3 Å². The third kappa shape index (κ3) is 3.05. The second-order valence-corrected chi connectivity index (χ2v) is 7.37. The van der Waals surface area contributed by atoms with Gasteiger partial charge in [0.05, 0.1) is 12.6 Å². The maximum atomic E-state index is 5.40. The molecule has 0 aliphatic carbocycles. The molecule has 0 saturated carbocycles. The third-order valence-corrected chi connectivity index (χ3v) is 5.58. The van der Waals surface area contributed by atoms with Crippen LogP contribution in [-0.2, 0) is 0 Å². The molecular formula is C24H23N3O. The van der Waals surface area contributed by atoms with E-state index in [1.807, 2.05) is 18.2 Å². The van der Waals surface area contributed by atoms with E-state index in [1.54, 1.807) is 7.11 Å². The predicted molar refractivity (Wildman–Crippen MR) is 114 cm³/mol. The molecule has 2 aromatic carbocycles. The van der Waals surface area contributed by atoms with Gasteiger partial charge in [-0.2, -0.15) is 0 Å². The second-order valence-electron chi connectivity index (χ2n) is 7.37. The highest BCUT2D eigenvalue weighted by Gasteiger charge is 2.33. The van der Waals surface area contributed by atoms with E-state index in [9.17, 15) is 0 Å². The number of likely N-dealkylation sites (tertiary alicyclic amines) is 1. The molecule has 0 atom stereocenters. The van der Waals surface area contributed by atoms with Crippen LogP contribution >= 0.6 is 0 Å². The predicted octanol–water partition coefficient (Wildman–Crippen LogP) is 4.53. The van der Waals surface area contributed by atoms with E-state index >= 15 is 0 Å². The van der Waals surface area contributed by atoms with Gasteiger partial charge >= 0.3 is 0 Å². The summed E-state index contributed by atoms with van der Waals surface area (Å²) in [5.41, 5.74) is 4.64. The van der Waals surface area contributed by atoms with E-state index in [-0.39, 0.29) is 0 Å². The number of pyridine rings is 1. The molecule has 4 heteroatoms. The van der Waals surface area contributed by atoms with Crippen molar-refractivity contribution in [3.05, 3.63) is 78.0 Å². The largest absolute Gasteiger partial charge is 0.497 e. The van der Waals surface area contributed by atoms with Crippen molar-refractivity contribution >= 4 is 22.3 Å². The van der Waals surface area contributed by atoms with Gasteiger partial charge < -0.3 is 9.64 Å². The quantitative estimate of drug-likeness (QED) is 0.681. The molecule has 140 valence electrons. The molecule has 3 heterocycles. The van der Waals surface area contributed by atoms with Crippen LogP contribution in [0.5, 0.6) is 5.75 Å². The van der Waals surface area contributed by atoms with Crippen LogP contribution in [-0.4, -0.2) is 42.5 Å². The van der Waals surface area contributed by atoms with Crippen LogP contribution in [0.25, 0.3) is 16.5 Å². The molecule has 0 unspecified atom stereocenters. The number of amidine groups is 1. The first-order valence-corrected chi connectivity index (χ1v) is 9.82. The summed E-state index contributed by atoms with van der Waals surface area (Å²) in [6.07, 6.45) is 3.29. The standard InChI is InChI=1S/C24H23N3O/c1-28-20-8-4-7-18(14-20)21-9-5-13-25-24(21)27-15-19(16-27)23-12-11-17-6-2-3-10-22(17)26-23/h2-4,6-12,14,19H,5,13,15-16H2,1H3. The van der Waals surface area contributed by atoms with E-state index in [4.69, 9.17) is 14.7 Å². The molecule has 4 nitrogen and oxygen atoms in total. The van der Waals surface area contributed by atoms with Crippen molar-refractivity contribution in [1.29, 1.82) is 0 Å². The van der Waals surface area contributed by atoms with Crippen LogP contribution in [0.4, 0.5) is 0 Å². The Kier molecular flexibility index (Phi) is 4.32. The number of hydrogen-bond acceptors (Lipinski definition) is 4. The number of aliphatic imine (C=N–C) groups is 1. The maximum Gasteiger partial charge on any atom is 0.131 e. The Morgan fingerprint density at radius 2 is 1.89 bits per heavy atom. The maximum absolute atomic E-state index is 5.40. The van der Waals surface area contributed by atoms with E-state index in [0.29, 0.717) is 5.92 Å². The Balaban J connectivity index is 1.35. The first-order valence-electron chi connectivity index (χ1n) is 9.82. The minimum absolute atomic E-state index is 0.459. The SMILES string of the molecule is COc1cccc(C2=CCCN=C2N2CC(c3ccc4ccccc4n3)C2)c1. The summed E-state index contributed by atoms with van der Waals surface area (Å²) in [5, 5.41) is 1.20. The lowest BCUT2D eigenvalue weighted by Gasteiger charge is -2.42. The third-order valence-electron chi connectivity index (χ3n) is 5.58. The average molecular weight is 369 g/mol. The molecule has 0 radical (unpaired) electrons. The molecule has 0 amide bonds. The van der Waals surface area contributed by atoms with Gasteiger partial charge in [-0.05, 0) is 36.2 Å². The fourth-order valence-electron chi connectivity index (χ4n) is 4.01. The van der Waals surface area contributed by atoms with Crippen LogP contribution in [0.1, 0.15) is 23.6 Å². The molecule has 2 aliphatic rings. The number of fused-ring (bicyclic) bond motifs is 1. The summed E-state index contributed by atoms with van der Waals surface area (Å²) >= 11 is 0. The summed E-state index contributed by atoms with van der Waals surface area (Å²) in [4.78, 5) is 12.1. The minimum atomic E-state index is 0.459. The van der Waals surface area contributed by atoms with Crippen molar-refractivity contribution < 1.29 is 4.74 Å². The van der Waals surface area contributed by atoms with Crippen LogP contribution in [0.3, 0.4) is 0 Å². The molecule has 1 saturated heterocycles. The number of aromatic nitrogens is 1. The number of methoxy groups -OCH3 is 1. The molecule has 3 aromatic rings. The van der Waals surface area contributed by atoms with E-state index < -0.39 is 0 Å². The molecule has 2 aliphatic heterocycles. The van der Waals surface area contributed by atoms with Gasteiger partial charge in [0.2, 0.25) is 0 Å². The van der Waals surface area contributed by atoms with Gasteiger partial charge in [-0.1, -0.05) is 42.5 Å². The summed E-state index contributed by atoms with van der Waals surface area (Å²) in [7, 11) is 1.71. The number of para-hydroxylation sites is 1. The van der Waals surface area contributed by atoms with Gasteiger partial charge in [-0.25, -0.2) is 0 Å². The van der Waals surface area contributed by atoms with Crippen molar-refractivity contribution in [3.8, 4) is 5.75 Å². The Labute approximate surface area is 165 Å². The zero-order valence-electron chi connectivity index (χ0n) is 16.0. The highest BCUT2D eigenvalue weighted by molar-refractivity contribution is 6.23. The first kappa shape index (κ1) is 17.0. The topological polar surface area (TPSA) is 37.7 Å². The smallest absolute Gasteiger partial charge is 0.131 e. The molecule has 0 N–H and O–H groups in total. The molecule has 0 bridgehead atoms. The zero-order chi connectivity index (χ0) is 18.9. The highest BCUT2D eigenvalue weighted by atomic mass is 16.5. The van der Waals surface area contributed by atoms with Gasteiger partial charge in [0.15, 0.2) is 0 Å². The van der Waals surface area contributed by atoms with Gasteiger partial charge in [0, 0.05) is 42.2 Å². The van der Waals surface area contributed by atoms with Gasteiger partial charge in [-0.15, -0.1) is 0 Å². The van der Waals surface area contributed by atoms with E-state index in [0.717, 1.165) is 43.2 Å². The zero-order valence-corrected chi connectivity index (χ0v) is 16.0. The van der Waals surface area contributed by atoms with Crippen LogP contribution in [0, 0.1) is 0 Å². The molecule has 0 spiro atoms. The van der Waals surface area contributed by atoms with Crippen LogP contribution < -0.4 is 4.74 Å². The Bertz CT molecular complexity index is 1080. The highest BCUT2D eigenvalue weighted by Crippen LogP contribution is 2.33. The normalized spacial score (nSPS) is 17.1. The molecule has 1 fully saturated rings. The number of nitrogens with zero attached hydrogens (tertiary/aromatic N) is 3. The number of benzene rings is 2. The summed E-state index contributed by atoms with van der Waals surface area (Å²) in [6, 6.07) is 20.9. The first-order chi connectivity index (χ1) is 13.8. The Morgan fingerprint density at radius 3 is 2.79 bits per heavy atom. The van der Waals surface area contributed by atoms with Crippen molar-refractivity contribution in [3.63, 3.8) is 0 Å². The van der Waals surface area contributed by atoms with Gasteiger partial charge in [-0.3, -0.25) is 9.98 Å². The van der Waals surface area contributed by atoms with E-state index in [2.05, 4.69) is 53.4 Å². The minimum Gasteiger partial charge on any atom is -0.497 e. The lowest BCUT2D eigenvalue weighted by atomic mass is 9.92. The van der Waals surface area contributed by atoms with Crippen molar-refractivity contribution in [2.75, 3.05) is 26.7 Å². The number of dihydropyridines is 1. The van der Waals surface area contributed by atoms with Crippen LogP contribution in [0.2, 0.25) is 0 Å². The molecular weight excluding hydrogens is 346 g/mol. The second kappa shape index (κ2) is 7.12. The van der Waals surface area contributed by atoms with Crippen molar-refractivity contribution in [2.24, 2.45) is 4.99 Å². The van der Waals surface area contributed by atoms with Gasteiger partial charge in [0.1, 0.15) is 11.6 Å². The fourth-order valence-corrected chi connectivity index (χ4v) is 4.01. The number of rotatable bonds is 3. The summed E-state index contributed by atoms with van der Waals surface area (Å²) < 4.78 is 5.40.